The maximum atomic E-state index is 12.6. The maximum Gasteiger partial charge on any atom is 0.254 e. The maximum absolute atomic E-state index is 12.6. The second-order valence-corrected chi connectivity index (χ2v) is 6.03. The number of aryl methyl sites for hydroxylation is 1. The van der Waals surface area contributed by atoms with Gasteiger partial charge in [0.05, 0.1) is 14.2 Å². The number of hydrogen-bond donors (Lipinski definition) is 1. The van der Waals surface area contributed by atoms with Crippen molar-refractivity contribution in [2.24, 2.45) is 0 Å². The fourth-order valence-corrected chi connectivity index (χ4v) is 2.72. The van der Waals surface area contributed by atoms with Crippen LogP contribution in [0.25, 0.3) is 11.4 Å². The molecule has 0 spiro atoms. The molecule has 0 saturated carbocycles. The van der Waals surface area contributed by atoms with E-state index in [1.165, 1.54) is 24.9 Å². The number of carbonyl (C=O) groups excluding carboxylic acids is 1. The van der Waals surface area contributed by atoms with Gasteiger partial charge in [0.2, 0.25) is 5.91 Å². The molecular weight excluding hydrogens is 360 g/mol. The molecule has 0 aliphatic rings. The first-order valence-electron chi connectivity index (χ1n) is 8.52. The van der Waals surface area contributed by atoms with Crippen molar-refractivity contribution in [2.45, 2.75) is 13.5 Å². The van der Waals surface area contributed by atoms with Gasteiger partial charge in [0, 0.05) is 53.6 Å². The number of nitrogens with zero attached hydrogens (tertiary/aromatic N) is 3. The van der Waals surface area contributed by atoms with Crippen molar-refractivity contribution in [3.05, 3.63) is 64.8 Å². The summed E-state index contributed by atoms with van der Waals surface area (Å²) in [6.45, 7) is 1.54. The highest BCUT2D eigenvalue weighted by Crippen LogP contribution is 2.25. The van der Waals surface area contributed by atoms with Crippen LogP contribution < -0.4 is 20.3 Å². The average Bonchev–Trinajstić information content (AvgIpc) is 2.70. The molecule has 8 heteroatoms. The van der Waals surface area contributed by atoms with Gasteiger partial charge in [-0.3, -0.25) is 19.1 Å². The molecule has 2 aromatic heterocycles. The van der Waals surface area contributed by atoms with E-state index in [9.17, 15) is 9.59 Å². The number of pyridine rings is 1. The second kappa shape index (κ2) is 8.34. The Labute approximate surface area is 161 Å². The third-order valence-corrected chi connectivity index (χ3v) is 4.01. The van der Waals surface area contributed by atoms with Crippen LogP contribution >= 0.6 is 0 Å². The van der Waals surface area contributed by atoms with Crippen molar-refractivity contribution in [2.75, 3.05) is 19.5 Å². The van der Waals surface area contributed by atoms with Crippen molar-refractivity contribution in [3.63, 3.8) is 0 Å². The molecule has 8 nitrogen and oxygen atoms in total. The van der Waals surface area contributed by atoms with Gasteiger partial charge in [0.1, 0.15) is 23.9 Å². The van der Waals surface area contributed by atoms with E-state index in [1.807, 2.05) is 0 Å². The molecule has 1 aromatic carbocycles. The van der Waals surface area contributed by atoms with Gasteiger partial charge in [-0.2, -0.15) is 0 Å². The lowest BCUT2D eigenvalue weighted by Crippen LogP contribution is -2.29. The molecule has 0 fully saturated rings. The van der Waals surface area contributed by atoms with E-state index < -0.39 is 0 Å². The molecule has 2 heterocycles. The summed E-state index contributed by atoms with van der Waals surface area (Å²) < 4.78 is 11.7. The number of methoxy groups -OCH3 is 2. The minimum atomic E-state index is -0.377. The van der Waals surface area contributed by atoms with Gasteiger partial charge < -0.3 is 14.8 Å². The molecule has 0 aliphatic carbocycles. The molecular formula is C20H20N4O4. The van der Waals surface area contributed by atoms with Crippen molar-refractivity contribution >= 4 is 11.6 Å². The lowest BCUT2D eigenvalue weighted by Gasteiger charge is -2.14. The molecule has 0 unspecified atom stereocenters. The van der Waals surface area contributed by atoms with E-state index in [-0.39, 0.29) is 18.0 Å². The number of hydrogen-bond acceptors (Lipinski definition) is 6. The van der Waals surface area contributed by atoms with Crippen LogP contribution in [-0.2, 0) is 11.3 Å². The normalized spacial score (nSPS) is 10.4. The molecule has 0 atom stereocenters. The lowest BCUT2D eigenvalue weighted by atomic mass is 10.2. The molecule has 0 bridgehead atoms. The van der Waals surface area contributed by atoms with Crippen LogP contribution in [-0.4, -0.2) is 34.7 Å². The monoisotopic (exact) mass is 380 g/mol. The van der Waals surface area contributed by atoms with Gasteiger partial charge in [0.25, 0.3) is 5.56 Å². The van der Waals surface area contributed by atoms with Crippen molar-refractivity contribution in [1.29, 1.82) is 0 Å². The zero-order valence-corrected chi connectivity index (χ0v) is 15.8. The molecule has 3 aromatic rings. The topological polar surface area (TPSA) is 95.3 Å². The zero-order chi connectivity index (χ0) is 20.1. The number of aromatic nitrogens is 3. The largest absolute Gasteiger partial charge is 0.497 e. The highest BCUT2D eigenvalue weighted by atomic mass is 16.5. The van der Waals surface area contributed by atoms with Gasteiger partial charge in [-0.1, -0.05) is 0 Å². The van der Waals surface area contributed by atoms with E-state index in [1.54, 1.807) is 49.6 Å². The third-order valence-electron chi connectivity index (χ3n) is 4.01. The third kappa shape index (κ3) is 4.35. The van der Waals surface area contributed by atoms with Crippen LogP contribution in [0.15, 0.2) is 53.6 Å². The number of carbonyl (C=O) groups is 1. The Hall–Kier alpha value is -3.68. The Morgan fingerprint density at radius 2 is 1.71 bits per heavy atom. The molecule has 0 aliphatic heterocycles. The number of anilines is 1. The summed E-state index contributed by atoms with van der Waals surface area (Å²) in [5.74, 6) is 1.12. The van der Waals surface area contributed by atoms with E-state index in [4.69, 9.17) is 9.47 Å². The molecule has 0 radical (unpaired) electrons. The van der Waals surface area contributed by atoms with Crippen LogP contribution in [0.5, 0.6) is 11.5 Å². The van der Waals surface area contributed by atoms with Crippen molar-refractivity contribution in [3.8, 4) is 22.9 Å². The predicted octanol–water partition coefficient (Wildman–Crippen LogP) is 2.27. The number of ether oxygens (including phenoxy) is 2. The fourth-order valence-electron chi connectivity index (χ4n) is 2.72. The van der Waals surface area contributed by atoms with Gasteiger partial charge in [0.15, 0.2) is 0 Å². The van der Waals surface area contributed by atoms with Crippen LogP contribution in [0.4, 0.5) is 5.69 Å². The van der Waals surface area contributed by atoms with Gasteiger partial charge in [-0.15, -0.1) is 0 Å². The first-order valence-corrected chi connectivity index (χ1v) is 8.52. The molecule has 3 rings (SSSR count). The molecule has 144 valence electrons. The van der Waals surface area contributed by atoms with Gasteiger partial charge in [-0.25, -0.2) is 4.98 Å². The first kappa shape index (κ1) is 19.1. The Balaban J connectivity index is 1.90. The second-order valence-electron chi connectivity index (χ2n) is 6.03. The van der Waals surface area contributed by atoms with Crippen LogP contribution in [0.2, 0.25) is 0 Å². The standard InChI is InChI=1S/C20H20N4O4/c1-13-8-19(26)24(20(22-13)14-4-6-21-7-5-14)12-18(25)23-15-9-16(27-2)11-17(10-15)28-3/h4-11H,12H2,1-3H3,(H,23,25). The van der Waals surface area contributed by atoms with E-state index in [0.717, 1.165) is 0 Å². The summed E-state index contributed by atoms with van der Waals surface area (Å²) in [6.07, 6.45) is 3.22. The summed E-state index contributed by atoms with van der Waals surface area (Å²) >= 11 is 0. The van der Waals surface area contributed by atoms with Crippen LogP contribution in [0.1, 0.15) is 5.69 Å². The van der Waals surface area contributed by atoms with Crippen molar-refractivity contribution in [1.82, 2.24) is 14.5 Å². The molecule has 0 saturated heterocycles. The highest BCUT2D eigenvalue weighted by molar-refractivity contribution is 5.91. The lowest BCUT2D eigenvalue weighted by molar-refractivity contribution is -0.116. The minimum absolute atomic E-state index is 0.191. The SMILES string of the molecule is COc1cc(NC(=O)Cn2c(-c3ccncc3)nc(C)cc2=O)cc(OC)c1. The van der Waals surface area contributed by atoms with E-state index >= 15 is 0 Å². The Morgan fingerprint density at radius 1 is 1.07 bits per heavy atom. The Bertz CT molecular complexity index is 1030. The zero-order valence-electron chi connectivity index (χ0n) is 15.8. The van der Waals surface area contributed by atoms with Gasteiger partial charge >= 0.3 is 0 Å². The smallest absolute Gasteiger partial charge is 0.254 e. The number of amides is 1. The summed E-state index contributed by atoms with van der Waals surface area (Å²) in [5, 5.41) is 2.76. The quantitative estimate of drug-likeness (QED) is 0.705. The van der Waals surface area contributed by atoms with Crippen molar-refractivity contribution < 1.29 is 14.3 Å². The number of benzene rings is 1. The van der Waals surface area contributed by atoms with Crippen LogP contribution in [0.3, 0.4) is 0 Å². The van der Waals surface area contributed by atoms with Crippen LogP contribution in [0, 0.1) is 6.92 Å². The molecule has 1 amide bonds. The summed E-state index contributed by atoms with van der Waals surface area (Å²) in [7, 11) is 3.05. The predicted molar refractivity (Wildman–Crippen MR) is 105 cm³/mol. The van der Waals surface area contributed by atoms with E-state index in [0.29, 0.717) is 34.3 Å². The summed E-state index contributed by atoms with van der Waals surface area (Å²) in [6, 6.07) is 9.91. The molecule has 1 N–H and O–H groups in total. The highest BCUT2D eigenvalue weighted by Gasteiger charge is 2.14. The van der Waals surface area contributed by atoms with Gasteiger partial charge in [-0.05, 0) is 19.1 Å². The number of rotatable bonds is 6. The number of nitrogens with one attached hydrogen (secondary N) is 1. The minimum Gasteiger partial charge on any atom is -0.497 e. The first-order chi connectivity index (χ1) is 13.5. The average molecular weight is 380 g/mol. The fraction of sp³-hybridized carbons (Fsp3) is 0.200. The Kier molecular flexibility index (Phi) is 5.69. The van der Waals surface area contributed by atoms with E-state index in [2.05, 4.69) is 15.3 Å². The summed E-state index contributed by atoms with van der Waals surface area (Å²) in [5.41, 5.74) is 1.47. The summed E-state index contributed by atoms with van der Waals surface area (Å²) in [4.78, 5) is 33.5. The Morgan fingerprint density at radius 3 is 2.32 bits per heavy atom. The molecule has 28 heavy (non-hydrogen) atoms.